The maximum atomic E-state index is 11.9. The van der Waals surface area contributed by atoms with E-state index in [1.165, 1.54) is 89.9 Å². The minimum atomic E-state index is -0.754. The molecule has 0 radical (unpaired) electrons. The summed E-state index contributed by atoms with van der Waals surface area (Å²) in [4.78, 5) is 18.0. The Labute approximate surface area is 239 Å². The van der Waals surface area contributed by atoms with Crippen LogP contribution < -0.4 is 0 Å². The Hall–Kier alpha value is -2.17. The lowest BCUT2D eigenvalue weighted by atomic mass is 10.0. The van der Waals surface area contributed by atoms with Gasteiger partial charge in [-0.3, -0.25) is 9.63 Å². The fraction of sp³-hybridized carbons (Fsp3) is 0.629. The first kappa shape index (κ1) is 33.0. The van der Waals surface area contributed by atoms with Crippen LogP contribution in [0.2, 0.25) is 0 Å². The summed E-state index contributed by atoms with van der Waals surface area (Å²) < 4.78 is 0. The highest BCUT2D eigenvalue weighted by atomic mass is 16.7. The Kier molecular flexibility index (Phi) is 19.2. The summed E-state index contributed by atoms with van der Waals surface area (Å²) in [6, 6.07) is 20.4. The highest BCUT2D eigenvalue weighted by Gasteiger charge is 2.20. The molecule has 218 valence electrons. The molecule has 0 bridgehead atoms. The van der Waals surface area contributed by atoms with Crippen molar-refractivity contribution in [3.05, 3.63) is 71.8 Å². The fourth-order valence-electron chi connectivity index (χ4n) is 5.13. The highest BCUT2D eigenvalue weighted by molar-refractivity contribution is 5.70. The SMILES string of the molecule is CCCCCCCCCCCCCCCCCCC(CON(Cc1ccccc1)Cc1ccccc1)C(=O)O. The summed E-state index contributed by atoms with van der Waals surface area (Å²) in [5.74, 6) is -1.22. The minimum absolute atomic E-state index is 0.216. The van der Waals surface area contributed by atoms with Crippen molar-refractivity contribution in [1.82, 2.24) is 5.06 Å². The van der Waals surface area contributed by atoms with Gasteiger partial charge in [0.1, 0.15) is 0 Å². The molecule has 0 aromatic heterocycles. The number of hydrogen-bond acceptors (Lipinski definition) is 3. The first-order valence-corrected chi connectivity index (χ1v) is 15.9. The number of hydroxylamine groups is 2. The van der Waals surface area contributed by atoms with E-state index in [4.69, 9.17) is 4.84 Å². The van der Waals surface area contributed by atoms with Gasteiger partial charge >= 0.3 is 5.97 Å². The van der Waals surface area contributed by atoms with E-state index in [9.17, 15) is 9.90 Å². The van der Waals surface area contributed by atoms with Crippen molar-refractivity contribution in [2.75, 3.05) is 6.61 Å². The predicted octanol–water partition coefficient (Wildman–Crippen LogP) is 9.97. The van der Waals surface area contributed by atoms with Crippen LogP contribution in [0, 0.1) is 5.92 Å². The number of carbonyl (C=O) groups is 1. The van der Waals surface area contributed by atoms with Crippen molar-refractivity contribution in [3.63, 3.8) is 0 Å². The summed E-state index contributed by atoms with van der Waals surface area (Å²) in [7, 11) is 0. The van der Waals surface area contributed by atoms with Crippen LogP contribution in [0.4, 0.5) is 0 Å². The molecule has 2 aromatic rings. The summed E-state index contributed by atoms with van der Waals surface area (Å²) in [5.41, 5.74) is 2.30. The molecule has 4 nitrogen and oxygen atoms in total. The van der Waals surface area contributed by atoms with Gasteiger partial charge in [-0.15, -0.1) is 0 Å². The number of carboxylic acids is 1. The maximum absolute atomic E-state index is 11.9. The average Bonchev–Trinajstić information content (AvgIpc) is 2.95. The van der Waals surface area contributed by atoms with Crippen LogP contribution in [0.3, 0.4) is 0 Å². The van der Waals surface area contributed by atoms with E-state index < -0.39 is 11.9 Å². The van der Waals surface area contributed by atoms with Crippen LogP contribution in [-0.2, 0) is 22.7 Å². The molecule has 1 N–H and O–H groups in total. The minimum Gasteiger partial charge on any atom is -0.481 e. The van der Waals surface area contributed by atoms with Crippen LogP contribution in [0.1, 0.15) is 127 Å². The molecule has 0 saturated heterocycles. The third-order valence-corrected chi connectivity index (χ3v) is 7.62. The zero-order valence-electron chi connectivity index (χ0n) is 24.7. The number of aliphatic carboxylic acids is 1. The van der Waals surface area contributed by atoms with E-state index in [-0.39, 0.29) is 6.61 Å². The quantitative estimate of drug-likeness (QED) is 0.101. The second kappa shape index (κ2) is 22.6. The molecule has 1 unspecified atom stereocenters. The average molecular weight is 538 g/mol. The number of hydrogen-bond donors (Lipinski definition) is 1. The van der Waals surface area contributed by atoms with Crippen molar-refractivity contribution in [2.24, 2.45) is 5.92 Å². The largest absolute Gasteiger partial charge is 0.481 e. The molecule has 2 aromatic carbocycles. The first-order valence-electron chi connectivity index (χ1n) is 15.9. The molecule has 0 saturated carbocycles. The number of benzene rings is 2. The molecule has 0 spiro atoms. The lowest BCUT2D eigenvalue weighted by Gasteiger charge is -2.24. The lowest BCUT2D eigenvalue weighted by molar-refractivity contribution is -0.190. The molecule has 0 heterocycles. The lowest BCUT2D eigenvalue weighted by Crippen LogP contribution is -2.29. The Bertz CT molecular complexity index is 785. The van der Waals surface area contributed by atoms with Gasteiger partial charge in [-0.1, -0.05) is 170 Å². The van der Waals surface area contributed by atoms with E-state index in [0.717, 1.165) is 24.0 Å². The topological polar surface area (TPSA) is 49.8 Å². The summed E-state index contributed by atoms with van der Waals surface area (Å²) in [6.45, 7) is 3.75. The van der Waals surface area contributed by atoms with Crippen LogP contribution >= 0.6 is 0 Å². The van der Waals surface area contributed by atoms with Crippen LogP contribution in [-0.4, -0.2) is 22.7 Å². The summed E-state index contributed by atoms with van der Waals surface area (Å²) in [6.07, 6.45) is 21.9. The van der Waals surface area contributed by atoms with Gasteiger partial charge in [-0.25, -0.2) is 0 Å². The van der Waals surface area contributed by atoms with Crippen molar-refractivity contribution in [2.45, 2.75) is 129 Å². The Balaban J connectivity index is 1.56. The Morgan fingerprint density at radius 2 is 1.03 bits per heavy atom. The van der Waals surface area contributed by atoms with Gasteiger partial charge in [0.25, 0.3) is 0 Å². The van der Waals surface area contributed by atoms with Crippen LogP contribution in [0.5, 0.6) is 0 Å². The van der Waals surface area contributed by atoms with E-state index in [1.807, 2.05) is 41.5 Å². The third kappa shape index (κ3) is 17.2. The van der Waals surface area contributed by atoms with Gasteiger partial charge in [0, 0.05) is 13.1 Å². The van der Waals surface area contributed by atoms with Gasteiger partial charge in [0.05, 0.1) is 12.5 Å². The van der Waals surface area contributed by atoms with Crippen LogP contribution in [0.25, 0.3) is 0 Å². The normalized spacial score (nSPS) is 12.2. The number of nitrogens with zero attached hydrogens (tertiary/aromatic N) is 1. The predicted molar refractivity (Wildman–Crippen MR) is 163 cm³/mol. The van der Waals surface area contributed by atoms with E-state index >= 15 is 0 Å². The van der Waals surface area contributed by atoms with Gasteiger partial charge in [0.2, 0.25) is 0 Å². The smallest absolute Gasteiger partial charge is 0.308 e. The zero-order chi connectivity index (χ0) is 27.8. The number of carboxylic acid groups (broad SMARTS) is 1. The van der Waals surface area contributed by atoms with Crippen molar-refractivity contribution >= 4 is 5.97 Å². The molecule has 0 aliphatic rings. The second-order valence-electron chi connectivity index (χ2n) is 11.2. The van der Waals surface area contributed by atoms with E-state index in [0.29, 0.717) is 19.5 Å². The molecule has 0 aliphatic heterocycles. The third-order valence-electron chi connectivity index (χ3n) is 7.62. The molecular weight excluding hydrogens is 482 g/mol. The van der Waals surface area contributed by atoms with E-state index in [2.05, 4.69) is 31.2 Å². The zero-order valence-corrected chi connectivity index (χ0v) is 24.7. The molecular formula is C35H55NO3. The number of rotatable bonds is 25. The molecule has 4 heteroatoms. The molecule has 0 amide bonds. The van der Waals surface area contributed by atoms with Gasteiger partial charge in [-0.05, 0) is 17.5 Å². The Morgan fingerprint density at radius 1 is 0.641 bits per heavy atom. The monoisotopic (exact) mass is 537 g/mol. The molecule has 0 aliphatic carbocycles. The second-order valence-corrected chi connectivity index (χ2v) is 11.2. The van der Waals surface area contributed by atoms with Crippen molar-refractivity contribution in [1.29, 1.82) is 0 Å². The Morgan fingerprint density at radius 3 is 1.41 bits per heavy atom. The van der Waals surface area contributed by atoms with E-state index in [1.54, 1.807) is 0 Å². The number of unbranched alkanes of at least 4 members (excludes halogenated alkanes) is 15. The van der Waals surface area contributed by atoms with Crippen LogP contribution in [0.15, 0.2) is 60.7 Å². The highest BCUT2D eigenvalue weighted by Crippen LogP contribution is 2.18. The molecule has 0 fully saturated rings. The summed E-state index contributed by atoms with van der Waals surface area (Å²) in [5, 5.41) is 11.7. The molecule has 2 rings (SSSR count). The fourth-order valence-corrected chi connectivity index (χ4v) is 5.13. The standard InChI is InChI=1S/C35H55NO3/c1-2-3-4-5-6-7-8-9-10-11-12-13-14-15-16-23-28-34(35(37)38)31-39-36(29-32-24-19-17-20-25-32)30-33-26-21-18-22-27-33/h17-22,24-27,34H,2-16,23,28-31H2,1H3,(H,37,38). The summed E-state index contributed by atoms with van der Waals surface area (Å²) >= 11 is 0. The molecule has 39 heavy (non-hydrogen) atoms. The van der Waals surface area contributed by atoms with Gasteiger partial charge in [-0.2, -0.15) is 5.06 Å². The van der Waals surface area contributed by atoms with Crippen molar-refractivity contribution < 1.29 is 14.7 Å². The van der Waals surface area contributed by atoms with Gasteiger partial charge in [0.15, 0.2) is 0 Å². The first-order chi connectivity index (χ1) is 19.2. The van der Waals surface area contributed by atoms with Crippen molar-refractivity contribution in [3.8, 4) is 0 Å². The molecule has 1 atom stereocenters. The van der Waals surface area contributed by atoms with Gasteiger partial charge < -0.3 is 5.11 Å². The maximum Gasteiger partial charge on any atom is 0.308 e.